The zero-order chi connectivity index (χ0) is 21.3. The lowest BCUT2D eigenvalue weighted by molar-refractivity contribution is -0.155. The first-order chi connectivity index (χ1) is 12.8. The molecule has 0 aromatic rings. The van der Waals surface area contributed by atoms with Crippen LogP contribution >= 0.6 is 0 Å². The average Bonchev–Trinajstić information content (AvgIpc) is 3.09. The van der Waals surface area contributed by atoms with Gasteiger partial charge in [0, 0.05) is 6.54 Å². The van der Waals surface area contributed by atoms with E-state index in [1.165, 1.54) is 0 Å². The molecule has 0 bridgehead atoms. The van der Waals surface area contributed by atoms with Crippen LogP contribution in [0.15, 0.2) is 0 Å². The maximum Gasteiger partial charge on any atom is 0.408 e. The summed E-state index contributed by atoms with van der Waals surface area (Å²) >= 11 is 0. The Balaban J connectivity index is 2.24. The van der Waals surface area contributed by atoms with E-state index in [0.29, 0.717) is 12.5 Å². The maximum atomic E-state index is 13.5. The fraction of sp³-hybridized carbons (Fsp3) is 0.857. The molecule has 1 N–H and O–H groups in total. The van der Waals surface area contributed by atoms with Gasteiger partial charge in [-0.2, -0.15) is 0 Å². The number of hydrogen-bond acceptors (Lipinski definition) is 5. The second-order valence-corrected chi connectivity index (χ2v) is 9.99. The van der Waals surface area contributed by atoms with Crippen LogP contribution in [0.25, 0.3) is 0 Å². The van der Waals surface area contributed by atoms with Crippen molar-refractivity contribution >= 4 is 18.0 Å². The predicted octanol–water partition coefficient (Wildman–Crippen LogP) is 3.12. The van der Waals surface area contributed by atoms with Crippen LogP contribution in [0.2, 0.25) is 0 Å². The molecule has 4 atom stereocenters. The lowest BCUT2D eigenvalue weighted by atomic mass is 9.85. The molecule has 160 valence electrons. The molecule has 7 heteroatoms. The average molecular weight is 397 g/mol. The summed E-state index contributed by atoms with van der Waals surface area (Å²) in [6, 6.07) is -1.36. The maximum absolute atomic E-state index is 13.5. The number of carbonyl (C=O) groups is 3. The minimum atomic E-state index is -0.793. The summed E-state index contributed by atoms with van der Waals surface area (Å²) < 4.78 is 10.6. The van der Waals surface area contributed by atoms with E-state index in [9.17, 15) is 14.4 Å². The van der Waals surface area contributed by atoms with Gasteiger partial charge in [0.1, 0.15) is 17.7 Å². The summed E-state index contributed by atoms with van der Waals surface area (Å²) in [5.41, 5.74) is -1.20. The van der Waals surface area contributed by atoms with Gasteiger partial charge in [-0.25, -0.2) is 9.59 Å². The van der Waals surface area contributed by atoms with Gasteiger partial charge in [0.05, 0.1) is 6.61 Å². The summed E-state index contributed by atoms with van der Waals surface area (Å²) in [4.78, 5) is 40.1. The number of nitrogens with zero attached hydrogens (tertiary/aromatic N) is 1. The molecule has 0 radical (unpaired) electrons. The number of carbonyl (C=O) groups excluding carboxylic acids is 3. The Morgan fingerprint density at radius 1 is 1.11 bits per heavy atom. The first-order valence-electron chi connectivity index (χ1n) is 10.3. The van der Waals surface area contributed by atoms with Crippen LogP contribution in [0.1, 0.15) is 67.7 Å². The van der Waals surface area contributed by atoms with Crippen molar-refractivity contribution in [2.75, 3.05) is 13.2 Å². The van der Waals surface area contributed by atoms with Crippen molar-refractivity contribution in [3.05, 3.63) is 0 Å². The molecule has 2 rings (SSSR count). The molecule has 2 fully saturated rings. The topological polar surface area (TPSA) is 84.9 Å². The van der Waals surface area contributed by atoms with Gasteiger partial charge in [0.25, 0.3) is 0 Å². The van der Waals surface area contributed by atoms with Crippen LogP contribution < -0.4 is 5.32 Å². The van der Waals surface area contributed by atoms with Crippen LogP contribution in [0.4, 0.5) is 4.79 Å². The molecule has 1 saturated carbocycles. The van der Waals surface area contributed by atoms with E-state index < -0.39 is 29.2 Å². The van der Waals surface area contributed by atoms with Crippen molar-refractivity contribution in [1.29, 1.82) is 0 Å². The lowest BCUT2D eigenvalue weighted by Crippen LogP contribution is -2.58. The Morgan fingerprint density at radius 2 is 1.75 bits per heavy atom. The molecule has 0 unspecified atom stereocenters. The number of rotatable bonds is 4. The van der Waals surface area contributed by atoms with Crippen LogP contribution in [-0.2, 0) is 19.1 Å². The van der Waals surface area contributed by atoms with Crippen molar-refractivity contribution in [3.63, 3.8) is 0 Å². The molecular formula is C21H36N2O5. The molecule has 0 aromatic carbocycles. The number of amides is 2. The van der Waals surface area contributed by atoms with Gasteiger partial charge in [0.15, 0.2) is 0 Å². The standard InChI is InChI=1S/C21H36N2O5/c1-8-27-18(25)15-14-11-9-10-13(14)12-23(15)17(24)16(20(2,3)4)22-19(26)28-21(5,6)7/h13-16H,8-12H2,1-7H3,(H,22,26)/t13-,14-,15-,16+/m0/s1. The van der Waals surface area contributed by atoms with Gasteiger partial charge in [0.2, 0.25) is 5.91 Å². The minimum absolute atomic E-state index is 0.144. The molecule has 0 spiro atoms. The number of likely N-dealkylation sites (tertiary alicyclic amines) is 1. The molecule has 2 aliphatic rings. The van der Waals surface area contributed by atoms with Crippen LogP contribution in [0, 0.1) is 17.3 Å². The summed E-state index contributed by atoms with van der Waals surface area (Å²) in [7, 11) is 0. The van der Waals surface area contributed by atoms with Crippen molar-refractivity contribution < 1.29 is 23.9 Å². The van der Waals surface area contributed by atoms with Gasteiger partial charge in [-0.15, -0.1) is 0 Å². The molecular weight excluding hydrogens is 360 g/mol. The third-order valence-electron chi connectivity index (χ3n) is 5.48. The molecule has 1 aliphatic heterocycles. The molecule has 0 aromatic heterocycles. The quantitative estimate of drug-likeness (QED) is 0.738. The molecule has 2 amide bonds. The third kappa shape index (κ3) is 5.17. The van der Waals surface area contributed by atoms with Gasteiger partial charge >= 0.3 is 12.1 Å². The Morgan fingerprint density at radius 3 is 2.29 bits per heavy atom. The smallest absolute Gasteiger partial charge is 0.408 e. The number of alkyl carbamates (subject to hydrolysis) is 1. The highest BCUT2D eigenvalue weighted by molar-refractivity contribution is 5.91. The highest BCUT2D eigenvalue weighted by Gasteiger charge is 2.52. The second-order valence-electron chi connectivity index (χ2n) is 9.99. The fourth-order valence-electron chi connectivity index (χ4n) is 4.30. The molecule has 28 heavy (non-hydrogen) atoms. The minimum Gasteiger partial charge on any atom is -0.464 e. The molecule has 1 saturated heterocycles. The van der Waals surface area contributed by atoms with E-state index in [2.05, 4.69) is 5.32 Å². The SMILES string of the molecule is CCOC(=O)[C@@H]1[C@H]2CCC[C@H]2CN1C(=O)[C@@H](NC(=O)OC(C)(C)C)C(C)(C)C. The Bertz CT molecular complexity index is 605. The summed E-state index contributed by atoms with van der Waals surface area (Å²) in [6.07, 6.45) is 2.39. The molecule has 1 aliphatic carbocycles. The monoisotopic (exact) mass is 396 g/mol. The Hall–Kier alpha value is -1.79. The second kappa shape index (κ2) is 8.29. The van der Waals surface area contributed by atoms with E-state index in [1.54, 1.807) is 32.6 Å². The normalized spacial score (nSPS) is 25.8. The number of fused-ring (bicyclic) bond motifs is 1. The van der Waals surface area contributed by atoms with Gasteiger partial charge in [-0.3, -0.25) is 4.79 Å². The van der Waals surface area contributed by atoms with E-state index in [0.717, 1.165) is 19.3 Å². The first-order valence-corrected chi connectivity index (χ1v) is 10.3. The fourth-order valence-corrected chi connectivity index (χ4v) is 4.30. The summed E-state index contributed by atoms with van der Waals surface area (Å²) in [6.45, 7) is 13.6. The Kier molecular flexibility index (Phi) is 6.66. The molecule has 1 heterocycles. The van der Waals surface area contributed by atoms with Crippen molar-refractivity contribution in [2.24, 2.45) is 17.3 Å². The van der Waals surface area contributed by atoms with Gasteiger partial charge in [-0.1, -0.05) is 27.2 Å². The zero-order valence-electron chi connectivity index (χ0n) is 18.3. The van der Waals surface area contributed by atoms with Gasteiger partial charge < -0.3 is 19.7 Å². The largest absolute Gasteiger partial charge is 0.464 e. The number of nitrogens with one attached hydrogen (secondary N) is 1. The van der Waals surface area contributed by atoms with E-state index in [-0.39, 0.29) is 24.4 Å². The highest BCUT2D eigenvalue weighted by Crippen LogP contribution is 2.43. The van der Waals surface area contributed by atoms with Gasteiger partial charge in [-0.05, 0) is 57.8 Å². The Labute approximate surface area is 168 Å². The summed E-state index contributed by atoms with van der Waals surface area (Å²) in [5.74, 6) is -0.119. The third-order valence-corrected chi connectivity index (χ3v) is 5.48. The van der Waals surface area contributed by atoms with Crippen LogP contribution in [-0.4, -0.2) is 53.7 Å². The summed E-state index contributed by atoms with van der Waals surface area (Å²) in [5, 5.41) is 2.74. The van der Waals surface area contributed by atoms with E-state index >= 15 is 0 Å². The van der Waals surface area contributed by atoms with Crippen LogP contribution in [0.3, 0.4) is 0 Å². The van der Waals surface area contributed by atoms with E-state index in [1.807, 2.05) is 20.8 Å². The zero-order valence-corrected chi connectivity index (χ0v) is 18.3. The number of esters is 1. The highest BCUT2D eigenvalue weighted by atomic mass is 16.6. The van der Waals surface area contributed by atoms with Crippen molar-refractivity contribution in [1.82, 2.24) is 10.2 Å². The van der Waals surface area contributed by atoms with Crippen LogP contribution in [0.5, 0.6) is 0 Å². The van der Waals surface area contributed by atoms with E-state index in [4.69, 9.17) is 9.47 Å². The molecule has 7 nitrogen and oxygen atoms in total. The number of ether oxygens (including phenoxy) is 2. The predicted molar refractivity (Wildman–Crippen MR) is 106 cm³/mol. The van der Waals surface area contributed by atoms with Crippen molar-refractivity contribution in [2.45, 2.75) is 85.4 Å². The first kappa shape index (κ1) is 22.5. The number of hydrogen-bond donors (Lipinski definition) is 1. The van der Waals surface area contributed by atoms with Crippen molar-refractivity contribution in [3.8, 4) is 0 Å². The lowest BCUT2D eigenvalue weighted by Gasteiger charge is -2.36.